The second kappa shape index (κ2) is 10.1. The zero-order chi connectivity index (χ0) is 24.2. The van der Waals surface area contributed by atoms with Crippen LogP contribution in [0.5, 0.6) is 0 Å². The van der Waals surface area contributed by atoms with Gasteiger partial charge in [0.2, 0.25) is 11.9 Å². The molecule has 0 fully saturated rings. The van der Waals surface area contributed by atoms with Crippen LogP contribution >= 0.6 is 34.5 Å². The number of aromatic nitrogens is 4. The summed E-state index contributed by atoms with van der Waals surface area (Å²) in [6, 6.07) is 11.6. The average Bonchev–Trinajstić information content (AvgIpc) is 3.28. The summed E-state index contributed by atoms with van der Waals surface area (Å²) in [5.41, 5.74) is 8.05. The molecule has 0 saturated carbocycles. The second-order valence-electron chi connectivity index (χ2n) is 6.93. The highest BCUT2D eigenvalue weighted by Gasteiger charge is 2.19. The molecule has 0 aliphatic carbocycles. The highest BCUT2D eigenvalue weighted by Crippen LogP contribution is 2.33. The van der Waals surface area contributed by atoms with Crippen molar-refractivity contribution in [2.75, 3.05) is 10.6 Å². The molecule has 0 spiro atoms. The van der Waals surface area contributed by atoms with Crippen molar-refractivity contribution in [2.45, 2.75) is 13.5 Å². The Morgan fingerprint density at radius 1 is 1.12 bits per heavy atom. The number of hydrogen-bond acceptors (Lipinski definition) is 9. The van der Waals surface area contributed by atoms with Gasteiger partial charge in [0.15, 0.2) is 5.13 Å². The number of nitrogens with zero attached hydrogens (tertiary/aromatic N) is 5. The monoisotopic (exact) mass is 514 g/mol. The number of ether oxygens (including phenoxy) is 1. The van der Waals surface area contributed by atoms with Crippen LogP contribution in [0.1, 0.15) is 23.0 Å². The van der Waals surface area contributed by atoms with E-state index in [9.17, 15) is 9.59 Å². The first kappa shape index (κ1) is 23.6. The van der Waals surface area contributed by atoms with E-state index >= 15 is 0 Å². The molecule has 4 aromatic rings. The molecule has 0 aliphatic rings. The number of carbonyl (C=O) groups excluding carboxylic acids is 2. The molecule has 0 unspecified atom stereocenters. The van der Waals surface area contributed by atoms with Crippen molar-refractivity contribution in [3.63, 3.8) is 0 Å². The molecule has 2 heterocycles. The van der Waals surface area contributed by atoms with Crippen molar-refractivity contribution < 1.29 is 14.3 Å². The second-order valence-corrected chi connectivity index (χ2v) is 8.58. The Balaban J connectivity index is 1.47. The van der Waals surface area contributed by atoms with Gasteiger partial charge in [0.1, 0.15) is 6.61 Å². The van der Waals surface area contributed by atoms with Crippen LogP contribution in [0.2, 0.25) is 10.0 Å². The quantitative estimate of drug-likeness (QED) is 0.359. The number of nitrogen functional groups attached to an aromatic ring is 1. The number of nitrogens with two attached hydrogens (primary N) is 1. The van der Waals surface area contributed by atoms with Crippen molar-refractivity contribution in [3.05, 3.63) is 75.3 Å². The van der Waals surface area contributed by atoms with E-state index in [1.165, 1.54) is 29.4 Å². The predicted octanol–water partition coefficient (Wildman–Crippen LogP) is 4.93. The molecule has 0 bridgehead atoms. The molecule has 12 heteroatoms. The zero-order valence-corrected chi connectivity index (χ0v) is 19.9. The van der Waals surface area contributed by atoms with Gasteiger partial charge in [0.25, 0.3) is 0 Å². The van der Waals surface area contributed by atoms with Gasteiger partial charge in [0.05, 0.1) is 38.9 Å². The molecule has 2 aromatic carbocycles. The van der Waals surface area contributed by atoms with Crippen molar-refractivity contribution in [1.82, 2.24) is 20.2 Å². The lowest BCUT2D eigenvalue weighted by Gasteiger charge is -2.18. The molecule has 0 atom stereocenters. The summed E-state index contributed by atoms with van der Waals surface area (Å²) in [6.45, 7) is 1.34. The fourth-order valence-corrected chi connectivity index (χ4v) is 4.16. The Kier molecular flexibility index (Phi) is 7.01. The van der Waals surface area contributed by atoms with Gasteiger partial charge in [-0.05, 0) is 30.3 Å². The third kappa shape index (κ3) is 5.30. The summed E-state index contributed by atoms with van der Waals surface area (Å²) in [5, 5.41) is 10.2. The minimum absolute atomic E-state index is 0.0327. The van der Waals surface area contributed by atoms with Crippen molar-refractivity contribution in [2.24, 2.45) is 0 Å². The molecule has 172 valence electrons. The van der Waals surface area contributed by atoms with E-state index < -0.39 is 5.97 Å². The predicted molar refractivity (Wildman–Crippen MR) is 130 cm³/mol. The molecule has 0 aliphatic heterocycles. The zero-order valence-electron chi connectivity index (χ0n) is 17.6. The minimum atomic E-state index is -0.542. The summed E-state index contributed by atoms with van der Waals surface area (Å²) in [6.07, 6.45) is 1.45. The number of anilines is 3. The van der Waals surface area contributed by atoms with Gasteiger partial charge in [-0.1, -0.05) is 35.3 Å². The number of amides is 1. The standard InChI is InChI=1S/C22H16Cl2N6O3S/c1-12(31)30(16-5-6-17(23)18(24)8-16)22-27-15(11-34-22)10-33-20(32)14-4-2-3-13(7-14)19-9-26-29-21(25)28-19/h2-9,11H,10H2,1H3,(H2,25,28,29). The summed E-state index contributed by atoms with van der Waals surface area (Å²) < 4.78 is 5.41. The lowest BCUT2D eigenvalue weighted by Crippen LogP contribution is -2.22. The van der Waals surface area contributed by atoms with E-state index in [2.05, 4.69) is 20.2 Å². The SMILES string of the molecule is CC(=O)N(c1ccc(Cl)c(Cl)c1)c1nc(COC(=O)c2cccc(-c3cnnc(N)n3)c2)cs1. The molecule has 2 N–H and O–H groups in total. The Bertz CT molecular complexity index is 1380. The van der Waals surface area contributed by atoms with Gasteiger partial charge in [-0.3, -0.25) is 9.69 Å². The molecule has 9 nitrogen and oxygen atoms in total. The van der Waals surface area contributed by atoms with Crippen molar-refractivity contribution in [1.29, 1.82) is 0 Å². The van der Waals surface area contributed by atoms with Crippen LogP contribution in [-0.2, 0) is 16.1 Å². The molecular formula is C22H16Cl2N6O3S. The maximum absolute atomic E-state index is 12.6. The molecule has 4 rings (SSSR count). The number of hydrogen-bond donors (Lipinski definition) is 1. The van der Waals surface area contributed by atoms with E-state index in [1.807, 2.05) is 0 Å². The van der Waals surface area contributed by atoms with E-state index in [1.54, 1.807) is 47.8 Å². The van der Waals surface area contributed by atoms with Crippen LogP contribution in [-0.4, -0.2) is 32.0 Å². The third-order valence-corrected chi connectivity index (χ3v) is 6.14. The smallest absolute Gasteiger partial charge is 0.338 e. The van der Waals surface area contributed by atoms with E-state index in [0.717, 1.165) is 0 Å². The lowest BCUT2D eigenvalue weighted by molar-refractivity contribution is -0.115. The Morgan fingerprint density at radius 2 is 1.94 bits per heavy atom. The number of rotatable bonds is 6. The largest absolute Gasteiger partial charge is 0.456 e. The van der Waals surface area contributed by atoms with Crippen LogP contribution in [0, 0.1) is 0 Å². The average molecular weight is 515 g/mol. The Hall–Kier alpha value is -3.60. The first-order valence-electron chi connectivity index (χ1n) is 9.74. The van der Waals surface area contributed by atoms with E-state index in [-0.39, 0.29) is 18.5 Å². The highest BCUT2D eigenvalue weighted by atomic mass is 35.5. The molecule has 34 heavy (non-hydrogen) atoms. The van der Waals surface area contributed by atoms with Gasteiger partial charge < -0.3 is 10.5 Å². The number of benzene rings is 2. The molecular weight excluding hydrogens is 499 g/mol. The first-order valence-corrected chi connectivity index (χ1v) is 11.4. The normalized spacial score (nSPS) is 10.7. The molecule has 1 amide bonds. The number of halogens is 2. The van der Waals surface area contributed by atoms with Gasteiger partial charge >= 0.3 is 5.97 Å². The van der Waals surface area contributed by atoms with Gasteiger partial charge in [-0.2, -0.15) is 5.10 Å². The number of thiazole rings is 1. The van der Waals surface area contributed by atoms with Crippen molar-refractivity contribution in [3.8, 4) is 11.3 Å². The van der Waals surface area contributed by atoms with Crippen LogP contribution in [0.25, 0.3) is 11.3 Å². The molecule has 2 aromatic heterocycles. The fraction of sp³-hybridized carbons (Fsp3) is 0.0909. The third-order valence-electron chi connectivity index (χ3n) is 4.53. The molecule has 0 radical (unpaired) electrons. The summed E-state index contributed by atoms with van der Waals surface area (Å²) in [4.78, 5) is 34.8. The highest BCUT2D eigenvalue weighted by molar-refractivity contribution is 7.14. The maximum Gasteiger partial charge on any atom is 0.338 e. The van der Waals surface area contributed by atoms with Crippen molar-refractivity contribution >= 4 is 63.2 Å². The summed E-state index contributed by atoms with van der Waals surface area (Å²) in [7, 11) is 0. The minimum Gasteiger partial charge on any atom is -0.456 e. The van der Waals surface area contributed by atoms with E-state index in [4.69, 9.17) is 33.7 Å². The van der Waals surface area contributed by atoms with E-state index in [0.29, 0.717) is 43.4 Å². The van der Waals surface area contributed by atoms with Gasteiger partial charge in [-0.25, -0.2) is 14.8 Å². The fourth-order valence-electron chi connectivity index (χ4n) is 3.00. The summed E-state index contributed by atoms with van der Waals surface area (Å²) >= 11 is 13.3. The maximum atomic E-state index is 12.6. The summed E-state index contributed by atoms with van der Waals surface area (Å²) in [5.74, 6) is -0.766. The number of esters is 1. The first-order chi connectivity index (χ1) is 16.3. The van der Waals surface area contributed by atoms with Gasteiger partial charge in [-0.15, -0.1) is 16.4 Å². The number of carbonyl (C=O) groups is 2. The van der Waals surface area contributed by atoms with Crippen LogP contribution in [0.15, 0.2) is 54.0 Å². The Morgan fingerprint density at radius 3 is 2.68 bits per heavy atom. The van der Waals surface area contributed by atoms with Crippen LogP contribution in [0.4, 0.5) is 16.8 Å². The Labute approximate surface area is 208 Å². The van der Waals surface area contributed by atoms with Crippen LogP contribution < -0.4 is 10.6 Å². The topological polar surface area (TPSA) is 124 Å². The van der Waals surface area contributed by atoms with Crippen LogP contribution in [0.3, 0.4) is 0 Å². The molecule has 0 saturated heterocycles. The van der Waals surface area contributed by atoms with Gasteiger partial charge in [0, 0.05) is 17.9 Å². The lowest BCUT2D eigenvalue weighted by atomic mass is 10.1.